The Labute approximate surface area is 144 Å². The van der Waals surface area contributed by atoms with Gasteiger partial charge in [0.15, 0.2) is 12.4 Å². The van der Waals surface area contributed by atoms with Gasteiger partial charge in [0.2, 0.25) is 11.2 Å². The summed E-state index contributed by atoms with van der Waals surface area (Å²) in [5.41, 5.74) is 0.135. The summed E-state index contributed by atoms with van der Waals surface area (Å²) in [5, 5.41) is 2.64. The summed E-state index contributed by atoms with van der Waals surface area (Å²) < 4.78 is 10.4. The van der Waals surface area contributed by atoms with E-state index in [1.165, 1.54) is 0 Å². The quantitative estimate of drug-likeness (QED) is 0.896. The first-order valence-corrected chi connectivity index (χ1v) is 8.03. The van der Waals surface area contributed by atoms with Gasteiger partial charge in [0.25, 0.3) is 11.8 Å². The summed E-state index contributed by atoms with van der Waals surface area (Å²) in [6.07, 6.45) is 2.98. The fourth-order valence-corrected chi connectivity index (χ4v) is 2.55. The normalized spacial score (nSPS) is 13.5. The molecule has 7 heteroatoms. The lowest BCUT2D eigenvalue weighted by Gasteiger charge is -2.14. The van der Waals surface area contributed by atoms with Crippen LogP contribution in [0.5, 0.6) is 5.75 Å². The molecule has 1 fully saturated rings. The summed E-state index contributed by atoms with van der Waals surface area (Å²) >= 11 is 0. The highest BCUT2D eigenvalue weighted by molar-refractivity contribution is 5.92. The maximum absolute atomic E-state index is 12.2. The number of carbonyl (C=O) groups excluding carboxylic acids is 2. The van der Waals surface area contributed by atoms with Gasteiger partial charge in [-0.25, -0.2) is 0 Å². The number of hydrogen-bond donors (Lipinski definition) is 1. The number of nitrogens with zero attached hydrogens (tertiary/aromatic N) is 1. The van der Waals surface area contributed by atoms with Crippen LogP contribution in [-0.2, 0) is 4.79 Å². The topological polar surface area (TPSA) is 88.8 Å². The van der Waals surface area contributed by atoms with Gasteiger partial charge in [0.1, 0.15) is 6.26 Å². The molecule has 1 saturated heterocycles. The molecule has 3 rings (SSSR count). The van der Waals surface area contributed by atoms with E-state index in [0.29, 0.717) is 18.8 Å². The predicted molar refractivity (Wildman–Crippen MR) is 90.7 cm³/mol. The molecule has 0 aliphatic carbocycles. The summed E-state index contributed by atoms with van der Waals surface area (Å²) in [6, 6.07) is 10.0. The summed E-state index contributed by atoms with van der Waals surface area (Å²) in [6.45, 7) is 1.000. The number of rotatable bonds is 5. The Kier molecular flexibility index (Phi) is 5.13. The second kappa shape index (κ2) is 7.65. The van der Waals surface area contributed by atoms with Crippen LogP contribution in [-0.4, -0.2) is 36.4 Å². The van der Waals surface area contributed by atoms with Crippen LogP contribution >= 0.6 is 0 Å². The van der Waals surface area contributed by atoms with Crippen molar-refractivity contribution in [2.45, 2.75) is 12.8 Å². The molecule has 2 heterocycles. The molecule has 2 amide bonds. The third kappa shape index (κ3) is 4.26. The minimum atomic E-state index is -0.499. The van der Waals surface area contributed by atoms with Gasteiger partial charge < -0.3 is 19.4 Å². The van der Waals surface area contributed by atoms with Gasteiger partial charge in [-0.3, -0.25) is 14.4 Å². The van der Waals surface area contributed by atoms with Crippen molar-refractivity contribution < 1.29 is 18.7 Å². The molecule has 0 unspecified atom stereocenters. The number of benzene rings is 1. The summed E-state index contributed by atoms with van der Waals surface area (Å²) in [4.78, 5) is 37.7. The number of ether oxygens (including phenoxy) is 1. The van der Waals surface area contributed by atoms with Gasteiger partial charge in [0.05, 0.1) is 0 Å². The second-order valence-corrected chi connectivity index (χ2v) is 5.67. The third-order valence-corrected chi connectivity index (χ3v) is 3.82. The molecule has 2 aromatic rings. The van der Waals surface area contributed by atoms with Crippen molar-refractivity contribution in [3.63, 3.8) is 0 Å². The fourth-order valence-electron chi connectivity index (χ4n) is 2.55. The van der Waals surface area contributed by atoms with Gasteiger partial charge in [0, 0.05) is 24.8 Å². The molecule has 0 bridgehead atoms. The number of anilines is 1. The highest BCUT2D eigenvalue weighted by Crippen LogP contribution is 2.14. The Balaban J connectivity index is 1.58. The van der Waals surface area contributed by atoms with Crippen LogP contribution < -0.4 is 15.5 Å². The SMILES string of the molecule is O=C(COc1coc(C(=O)N2CCCC2)cc1=O)Nc1ccccc1. The number of nitrogens with one attached hydrogen (secondary N) is 1. The van der Waals surface area contributed by atoms with Gasteiger partial charge in [-0.2, -0.15) is 0 Å². The molecule has 1 aliphatic heterocycles. The van der Waals surface area contributed by atoms with E-state index in [1.807, 2.05) is 6.07 Å². The van der Waals surface area contributed by atoms with Crippen molar-refractivity contribution in [2.24, 2.45) is 0 Å². The van der Waals surface area contributed by atoms with Crippen LogP contribution in [0.15, 0.2) is 51.9 Å². The highest BCUT2D eigenvalue weighted by atomic mass is 16.5. The molecular weight excluding hydrogens is 324 g/mol. The van der Waals surface area contributed by atoms with Crippen LogP contribution in [0.25, 0.3) is 0 Å². The number of hydrogen-bond acceptors (Lipinski definition) is 5. The molecule has 0 spiro atoms. The molecule has 25 heavy (non-hydrogen) atoms. The average molecular weight is 342 g/mol. The van der Waals surface area contributed by atoms with Crippen molar-refractivity contribution in [1.82, 2.24) is 4.90 Å². The van der Waals surface area contributed by atoms with Gasteiger partial charge in [-0.1, -0.05) is 18.2 Å². The lowest BCUT2D eigenvalue weighted by Crippen LogP contribution is -2.28. The Morgan fingerprint density at radius 2 is 1.88 bits per heavy atom. The number of amides is 2. The number of para-hydroxylation sites is 1. The number of likely N-dealkylation sites (tertiary alicyclic amines) is 1. The average Bonchev–Trinajstić information content (AvgIpc) is 3.15. The minimum absolute atomic E-state index is 0.0204. The second-order valence-electron chi connectivity index (χ2n) is 5.67. The van der Waals surface area contributed by atoms with E-state index in [0.717, 1.165) is 25.2 Å². The van der Waals surface area contributed by atoms with Crippen molar-refractivity contribution in [3.8, 4) is 5.75 Å². The Bertz CT molecular complexity index is 810. The minimum Gasteiger partial charge on any atom is -0.477 e. The van der Waals surface area contributed by atoms with Crippen molar-refractivity contribution >= 4 is 17.5 Å². The highest BCUT2D eigenvalue weighted by Gasteiger charge is 2.22. The molecule has 1 aliphatic rings. The monoisotopic (exact) mass is 342 g/mol. The lowest BCUT2D eigenvalue weighted by atomic mass is 10.3. The Morgan fingerprint density at radius 1 is 1.16 bits per heavy atom. The Morgan fingerprint density at radius 3 is 2.56 bits per heavy atom. The largest absolute Gasteiger partial charge is 0.477 e. The van der Waals surface area contributed by atoms with Gasteiger partial charge in [-0.15, -0.1) is 0 Å². The first-order valence-electron chi connectivity index (χ1n) is 8.03. The van der Waals surface area contributed by atoms with E-state index in [-0.39, 0.29) is 24.0 Å². The first kappa shape index (κ1) is 16.8. The maximum Gasteiger partial charge on any atom is 0.289 e. The molecule has 0 atom stereocenters. The van der Waals surface area contributed by atoms with Gasteiger partial charge >= 0.3 is 0 Å². The van der Waals surface area contributed by atoms with E-state index in [4.69, 9.17) is 9.15 Å². The molecule has 1 N–H and O–H groups in total. The standard InChI is InChI=1S/C18H18N2O5/c21-14-10-15(18(23)20-8-4-5-9-20)24-11-16(14)25-12-17(22)19-13-6-2-1-3-7-13/h1-3,6-7,10-11H,4-5,8-9,12H2,(H,19,22). The van der Waals surface area contributed by atoms with Crippen LogP contribution in [0.3, 0.4) is 0 Å². The van der Waals surface area contributed by atoms with Crippen molar-refractivity contribution in [3.05, 3.63) is 58.6 Å². The smallest absolute Gasteiger partial charge is 0.289 e. The zero-order valence-electron chi connectivity index (χ0n) is 13.6. The molecule has 7 nitrogen and oxygen atoms in total. The van der Waals surface area contributed by atoms with E-state index < -0.39 is 11.3 Å². The lowest BCUT2D eigenvalue weighted by molar-refractivity contribution is -0.118. The zero-order valence-corrected chi connectivity index (χ0v) is 13.6. The van der Waals surface area contributed by atoms with Crippen LogP contribution in [0.4, 0.5) is 5.69 Å². The molecule has 0 saturated carbocycles. The van der Waals surface area contributed by atoms with Crippen LogP contribution in [0.1, 0.15) is 23.4 Å². The summed E-state index contributed by atoms with van der Waals surface area (Å²) in [5.74, 6) is -0.833. The molecule has 1 aromatic carbocycles. The van der Waals surface area contributed by atoms with Crippen molar-refractivity contribution in [2.75, 3.05) is 25.0 Å². The molecular formula is C18H18N2O5. The van der Waals surface area contributed by atoms with Crippen molar-refractivity contribution in [1.29, 1.82) is 0 Å². The molecule has 130 valence electrons. The van der Waals surface area contributed by atoms with E-state index in [9.17, 15) is 14.4 Å². The van der Waals surface area contributed by atoms with Crippen LogP contribution in [0, 0.1) is 0 Å². The molecule has 0 radical (unpaired) electrons. The molecule has 1 aromatic heterocycles. The van der Waals surface area contributed by atoms with E-state index in [1.54, 1.807) is 29.2 Å². The zero-order chi connectivity index (χ0) is 17.6. The summed E-state index contributed by atoms with van der Waals surface area (Å²) in [7, 11) is 0. The fraction of sp³-hybridized carbons (Fsp3) is 0.278. The Hall–Kier alpha value is -3.09. The third-order valence-electron chi connectivity index (χ3n) is 3.82. The predicted octanol–water partition coefficient (Wildman–Crippen LogP) is 1.89. The maximum atomic E-state index is 12.2. The number of carbonyl (C=O) groups is 2. The van der Waals surface area contributed by atoms with E-state index >= 15 is 0 Å². The van der Waals surface area contributed by atoms with Gasteiger partial charge in [-0.05, 0) is 25.0 Å². The van der Waals surface area contributed by atoms with Crippen LogP contribution in [0.2, 0.25) is 0 Å². The van der Waals surface area contributed by atoms with E-state index in [2.05, 4.69) is 5.32 Å². The first-order chi connectivity index (χ1) is 12.1.